The van der Waals surface area contributed by atoms with E-state index in [1.54, 1.807) is 18.2 Å². The Morgan fingerprint density at radius 2 is 2.18 bits per heavy atom. The first kappa shape index (κ1) is 12.2. The highest BCUT2D eigenvalue weighted by molar-refractivity contribution is 6.42. The van der Waals surface area contributed by atoms with E-state index in [0.717, 1.165) is 5.56 Å². The quantitative estimate of drug-likeness (QED) is 0.889. The lowest BCUT2D eigenvalue weighted by atomic mass is 10.1. The molecule has 0 unspecified atom stereocenters. The van der Waals surface area contributed by atoms with Crippen molar-refractivity contribution in [2.24, 2.45) is 0 Å². The Bertz CT molecular complexity index is 499. The molecule has 0 fully saturated rings. The third-order valence-corrected chi connectivity index (χ3v) is 3.09. The highest BCUT2D eigenvalue weighted by Crippen LogP contribution is 2.29. The Morgan fingerprint density at radius 3 is 2.82 bits per heavy atom. The average molecular weight is 274 g/mol. The summed E-state index contributed by atoms with van der Waals surface area (Å²) in [5.74, 6) is -0.898. The van der Waals surface area contributed by atoms with Crippen LogP contribution in [0.2, 0.25) is 10.0 Å². The Morgan fingerprint density at radius 1 is 1.41 bits per heavy atom. The Balaban J connectivity index is 2.36. The van der Waals surface area contributed by atoms with Crippen LogP contribution in [0.1, 0.15) is 12.0 Å². The smallest absolute Gasteiger partial charge is 0.307 e. The van der Waals surface area contributed by atoms with Crippen LogP contribution in [0.4, 0.5) is 0 Å². The van der Waals surface area contributed by atoms with Gasteiger partial charge in [0.15, 0.2) is 0 Å². The average Bonchev–Trinajstić information content (AvgIpc) is 2.69. The van der Waals surface area contributed by atoms with Crippen molar-refractivity contribution in [2.45, 2.75) is 6.42 Å². The SMILES string of the molecule is O=C(O)CC1=C(c2ccc(Cl)c(Cl)c2)NOC1. The van der Waals surface area contributed by atoms with Crippen molar-refractivity contribution in [3.05, 3.63) is 39.4 Å². The second kappa shape index (κ2) is 4.96. The molecule has 1 heterocycles. The molecule has 1 aliphatic heterocycles. The van der Waals surface area contributed by atoms with E-state index in [0.29, 0.717) is 21.3 Å². The van der Waals surface area contributed by atoms with Crippen molar-refractivity contribution < 1.29 is 14.7 Å². The number of hydrogen-bond donors (Lipinski definition) is 2. The third kappa shape index (κ3) is 2.72. The lowest BCUT2D eigenvalue weighted by Crippen LogP contribution is -2.05. The zero-order valence-corrected chi connectivity index (χ0v) is 10.2. The van der Waals surface area contributed by atoms with Gasteiger partial charge in [-0.25, -0.2) is 0 Å². The van der Waals surface area contributed by atoms with Crippen molar-refractivity contribution in [1.29, 1.82) is 0 Å². The zero-order chi connectivity index (χ0) is 12.4. The fourth-order valence-electron chi connectivity index (χ4n) is 1.58. The number of hydroxylamine groups is 1. The summed E-state index contributed by atoms with van der Waals surface area (Å²) in [5.41, 5.74) is 4.77. The molecule has 0 aromatic heterocycles. The minimum Gasteiger partial charge on any atom is -0.481 e. The summed E-state index contributed by atoms with van der Waals surface area (Å²) in [4.78, 5) is 15.7. The molecule has 0 saturated carbocycles. The van der Waals surface area contributed by atoms with Gasteiger partial charge in [-0.15, -0.1) is 0 Å². The minimum absolute atomic E-state index is 0.0669. The maximum atomic E-state index is 10.7. The Kier molecular flexibility index (Phi) is 3.57. The molecule has 0 amide bonds. The van der Waals surface area contributed by atoms with Crippen molar-refractivity contribution in [3.8, 4) is 0 Å². The zero-order valence-electron chi connectivity index (χ0n) is 8.67. The van der Waals surface area contributed by atoms with Crippen LogP contribution in [0.5, 0.6) is 0 Å². The topological polar surface area (TPSA) is 58.6 Å². The molecule has 2 N–H and O–H groups in total. The number of hydrogen-bond acceptors (Lipinski definition) is 3. The van der Waals surface area contributed by atoms with Crippen LogP contribution in [0.15, 0.2) is 23.8 Å². The molecule has 1 aromatic carbocycles. The number of halogens is 2. The molecular weight excluding hydrogens is 265 g/mol. The Hall–Kier alpha value is -1.23. The van der Waals surface area contributed by atoms with Crippen LogP contribution in [0, 0.1) is 0 Å². The van der Waals surface area contributed by atoms with Gasteiger partial charge in [0, 0.05) is 5.56 Å². The van der Waals surface area contributed by atoms with Crippen LogP contribution in [-0.4, -0.2) is 17.7 Å². The maximum Gasteiger partial charge on any atom is 0.307 e. The second-order valence-electron chi connectivity index (χ2n) is 3.57. The first-order chi connectivity index (χ1) is 8.08. The molecule has 0 saturated heterocycles. The molecule has 2 rings (SSSR count). The fourth-order valence-corrected chi connectivity index (χ4v) is 1.87. The highest BCUT2D eigenvalue weighted by Gasteiger charge is 2.19. The van der Waals surface area contributed by atoms with E-state index in [9.17, 15) is 4.79 Å². The summed E-state index contributed by atoms with van der Waals surface area (Å²) in [6.07, 6.45) is -0.0669. The predicted molar refractivity (Wildman–Crippen MR) is 64.7 cm³/mol. The van der Waals surface area contributed by atoms with E-state index >= 15 is 0 Å². The largest absolute Gasteiger partial charge is 0.481 e. The molecule has 90 valence electrons. The molecule has 0 bridgehead atoms. The van der Waals surface area contributed by atoms with Gasteiger partial charge in [-0.3, -0.25) is 15.1 Å². The lowest BCUT2D eigenvalue weighted by Gasteiger charge is -2.06. The number of benzene rings is 1. The molecule has 1 aliphatic rings. The van der Waals surface area contributed by atoms with Crippen molar-refractivity contribution in [3.63, 3.8) is 0 Å². The first-order valence-electron chi connectivity index (χ1n) is 4.85. The molecule has 0 radical (unpaired) electrons. The van der Waals surface area contributed by atoms with E-state index in [1.807, 2.05) is 0 Å². The van der Waals surface area contributed by atoms with Crippen molar-refractivity contribution in [2.75, 3.05) is 6.61 Å². The highest BCUT2D eigenvalue weighted by atomic mass is 35.5. The number of carboxylic acids is 1. The van der Waals surface area contributed by atoms with Crippen molar-refractivity contribution in [1.82, 2.24) is 5.48 Å². The molecule has 6 heteroatoms. The maximum absolute atomic E-state index is 10.7. The molecule has 4 nitrogen and oxygen atoms in total. The standard InChI is InChI=1S/C11H9Cl2NO3/c12-8-2-1-6(3-9(8)13)11-7(4-10(15)16)5-17-14-11/h1-3,14H,4-5H2,(H,15,16). The van der Waals surface area contributed by atoms with Gasteiger partial charge >= 0.3 is 5.97 Å². The van der Waals surface area contributed by atoms with Crippen LogP contribution >= 0.6 is 23.2 Å². The van der Waals surface area contributed by atoms with E-state index in [4.69, 9.17) is 33.1 Å². The lowest BCUT2D eigenvalue weighted by molar-refractivity contribution is -0.136. The van der Waals surface area contributed by atoms with E-state index in [1.165, 1.54) is 0 Å². The van der Waals surface area contributed by atoms with Gasteiger partial charge in [-0.1, -0.05) is 29.3 Å². The van der Waals surface area contributed by atoms with Crippen LogP contribution in [0.3, 0.4) is 0 Å². The van der Waals surface area contributed by atoms with Gasteiger partial charge in [-0.2, -0.15) is 0 Å². The van der Waals surface area contributed by atoms with E-state index in [2.05, 4.69) is 5.48 Å². The molecular formula is C11H9Cl2NO3. The van der Waals surface area contributed by atoms with Crippen LogP contribution in [-0.2, 0) is 9.63 Å². The van der Waals surface area contributed by atoms with Gasteiger partial charge in [0.1, 0.15) is 0 Å². The van der Waals surface area contributed by atoms with E-state index < -0.39 is 5.97 Å². The summed E-state index contributed by atoms with van der Waals surface area (Å²) in [6, 6.07) is 5.08. The molecule has 1 aromatic rings. The Labute approximate surface area is 108 Å². The van der Waals surface area contributed by atoms with Gasteiger partial charge < -0.3 is 5.11 Å². The van der Waals surface area contributed by atoms with Crippen molar-refractivity contribution >= 4 is 34.9 Å². The second-order valence-corrected chi connectivity index (χ2v) is 4.38. The molecule has 0 atom stereocenters. The van der Waals surface area contributed by atoms with Crippen LogP contribution in [0.25, 0.3) is 5.70 Å². The summed E-state index contributed by atoms with van der Waals surface area (Å²) < 4.78 is 0. The third-order valence-electron chi connectivity index (χ3n) is 2.35. The predicted octanol–water partition coefficient (Wildman–Crippen LogP) is 2.71. The van der Waals surface area contributed by atoms with Gasteiger partial charge in [0.25, 0.3) is 0 Å². The summed E-state index contributed by atoms with van der Waals surface area (Å²) >= 11 is 11.7. The number of carbonyl (C=O) groups is 1. The number of nitrogens with one attached hydrogen (secondary N) is 1. The fraction of sp³-hybridized carbons (Fsp3) is 0.182. The molecule has 17 heavy (non-hydrogen) atoms. The van der Waals surface area contributed by atoms with Crippen LogP contribution < -0.4 is 5.48 Å². The first-order valence-corrected chi connectivity index (χ1v) is 5.60. The molecule has 0 aliphatic carbocycles. The summed E-state index contributed by atoms with van der Waals surface area (Å²) in [6.45, 7) is 0.252. The summed E-state index contributed by atoms with van der Waals surface area (Å²) in [7, 11) is 0. The molecule has 0 spiro atoms. The van der Waals surface area contributed by atoms with Gasteiger partial charge in [0.05, 0.1) is 28.8 Å². The number of aliphatic carboxylic acids is 1. The number of rotatable bonds is 3. The summed E-state index contributed by atoms with van der Waals surface area (Å²) in [5, 5.41) is 9.64. The minimum atomic E-state index is -0.898. The monoisotopic (exact) mass is 273 g/mol. The van der Waals surface area contributed by atoms with Gasteiger partial charge in [-0.05, 0) is 17.7 Å². The van der Waals surface area contributed by atoms with E-state index in [-0.39, 0.29) is 13.0 Å². The normalized spacial score (nSPS) is 14.9. The number of carboxylic acid groups (broad SMARTS) is 1. The van der Waals surface area contributed by atoms with Gasteiger partial charge in [0.2, 0.25) is 0 Å².